The SMILES string of the molecule is CCOc1ccc(S(=O)(=O)Nc2cnc(OCC)nc2)cc1. The van der Waals surface area contributed by atoms with Crippen molar-refractivity contribution in [3.05, 3.63) is 36.7 Å². The summed E-state index contributed by atoms with van der Waals surface area (Å²) >= 11 is 0. The van der Waals surface area contributed by atoms with E-state index >= 15 is 0 Å². The molecule has 0 aliphatic rings. The minimum absolute atomic E-state index is 0.129. The highest BCUT2D eigenvalue weighted by Crippen LogP contribution is 2.19. The highest BCUT2D eigenvalue weighted by molar-refractivity contribution is 7.92. The van der Waals surface area contributed by atoms with Crippen molar-refractivity contribution >= 4 is 15.7 Å². The normalized spacial score (nSPS) is 11.0. The third-order valence-electron chi connectivity index (χ3n) is 2.60. The van der Waals surface area contributed by atoms with Crippen molar-refractivity contribution in [1.29, 1.82) is 0 Å². The molecule has 0 amide bonds. The summed E-state index contributed by atoms with van der Waals surface area (Å²) in [5.41, 5.74) is 0.261. The van der Waals surface area contributed by atoms with Gasteiger partial charge in [0.05, 0.1) is 36.2 Å². The molecule has 7 nitrogen and oxygen atoms in total. The Labute approximate surface area is 129 Å². The van der Waals surface area contributed by atoms with E-state index in [2.05, 4.69) is 14.7 Å². The van der Waals surface area contributed by atoms with E-state index in [-0.39, 0.29) is 16.6 Å². The van der Waals surface area contributed by atoms with Crippen LogP contribution in [0, 0.1) is 0 Å². The third kappa shape index (κ3) is 4.08. The fraction of sp³-hybridized carbons (Fsp3) is 0.286. The number of sulfonamides is 1. The van der Waals surface area contributed by atoms with Crippen LogP contribution in [-0.2, 0) is 10.0 Å². The van der Waals surface area contributed by atoms with Gasteiger partial charge in [-0.25, -0.2) is 18.4 Å². The van der Waals surface area contributed by atoms with E-state index < -0.39 is 10.0 Å². The van der Waals surface area contributed by atoms with Gasteiger partial charge in [-0.15, -0.1) is 0 Å². The van der Waals surface area contributed by atoms with Crippen LogP contribution in [0.4, 0.5) is 5.69 Å². The topological polar surface area (TPSA) is 90.4 Å². The summed E-state index contributed by atoms with van der Waals surface area (Å²) in [5.74, 6) is 0.617. The first-order chi connectivity index (χ1) is 10.5. The maximum absolute atomic E-state index is 12.2. The van der Waals surface area contributed by atoms with E-state index in [1.165, 1.54) is 24.5 Å². The molecule has 0 aliphatic carbocycles. The van der Waals surface area contributed by atoms with E-state index in [0.717, 1.165) is 0 Å². The first kappa shape index (κ1) is 16.0. The quantitative estimate of drug-likeness (QED) is 0.839. The molecule has 1 aromatic heterocycles. The van der Waals surface area contributed by atoms with Crippen LogP contribution >= 0.6 is 0 Å². The first-order valence-corrected chi connectivity index (χ1v) is 8.24. The minimum Gasteiger partial charge on any atom is -0.494 e. The molecule has 0 bridgehead atoms. The molecule has 1 aromatic carbocycles. The Bertz CT molecular complexity index is 700. The zero-order valence-corrected chi connectivity index (χ0v) is 13.1. The van der Waals surface area contributed by atoms with E-state index in [9.17, 15) is 8.42 Å². The second kappa shape index (κ2) is 7.08. The predicted molar refractivity (Wildman–Crippen MR) is 81.6 cm³/mol. The second-order valence-corrected chi connectivity index (χ2v) is 5.88. The molecule has 0 unspecified atom stereocenters. The summed E-state index contributed by atoms with van der Waals surface area (Å²) in [7, 11) is -3.70. The van der Waals surface area contributed by atoms with Gasteiger partial charge in [-0.05, 0) is 38.1 Å². The molecule has 0 radical (unpaired) electrons. The molecule has 0 saturated carbocycles. The lowest BCUT2D eigenvalue weighted by molar-refractivity contribution is 0.312. The maximum atomic E-state index is 12.2. The minimum atomic E-state index is -3.70. The Balaban J connectivity index is 2.12. The third-order valence-corrected chi connectivity index (χ3v) is 4.00. The lowest BCUT2D eigenvalue weighted by atomic mass is 10.3. The monoisotopic (exact) mass is 323 g/mol. The van der Waals surface area contributed by atoms with Gasteiger partial charge in [0.25, 0.3) is 10.0 Å². The Morgan fingerprint density at radius 2 is 1.59 bits per heavy atom. The zero-order valence-electron chi connectivity index (χ0n) is 12.3. The van der Waals surface area contributed by atoms with E-state index in [4.69, 9.17) is 9.47 Å². The Morgan fingerprint density at radius 3 is 2.14 bits per heavy atom. The lowest BCUT2D eigenvalue weighted by Gasteiger charge is -2.09. The number of ether oxygens (including phenoxy) is 2. The molecule has 1 N–H and O–H groups in total. The van der Waals surface area contributed by atoms with Crippen LogP contribution in [0.15, 0.2) is 41.6 Å². The summed E-state index contributed by atoms with van der Waals surface area (Å²) in [6.07, 6.45) is 2.70. The highest BCUT2D eigenvalue weighted by Gasteiger charge is 2.14. The fourth-order valence-corrected chi connectivity index (χ4v) is 2.70. The average molecular weight is 323 g/mol. The van der Waals surface area contributed by atoms with Crippen molar-refractivity contribution in [2.75, 3.05) is 17.9 Å². The molecular weight excluding hydrogens is 306 g/mol. The Hall–Kier alpha value is -2.35. The molecule has 0 atom stereocenters. The van der Waals surface area contributed by atoms with Gasteiger partial charge < -0.3 is 9.47 Å². The molecule has 2 aromatic rings. The molecule has 0 aliphatic heterocycles. The molecule has 1 heterocycles. The largest absolute Gasteiger partial charge is 0.494 e. The van der Waals surface area contributed by atoms with Gasteiger partial charge in [0.1, 0.15) is 5.75 Å². The van der Waals surface area contributed by atoms with Gasteiger partial charge in [-0.3, -0.25) is 4.72 Å². The van der Waals surface area contributed by atoms with Crippen LogP contribution in [0.25, 0.3) is 0 Å². The van der Waals surface area contributed by atoms with Crippen molar-refractivity contribution in [3.8, 4) is 11.8 Å². The standard InChI is InChI=1S/C14H17N3O4S/c1-3-20-12-5-7-13(8-6-12)22(18,19)17-11-9-15-14(16-10-11)21-4-2/h5-10,17H,3-4H2,1-2H3. The summed E-state index contributed by atoms with van der Waals surface area (Å²) in [6, 6.07) is 6.36. The zero-order chi connectivity index (χ0) is 16.0. The van der Waals surface area contributed by atoms with E-state index in [1.54, 1.807) is 12.1 Å². The number of hydrogen-bond donors (Lipinski definition) is 1. The number of nitrogens with one attached hydrogen (secondary N) is 1. The molecular formula is C14H17N3O4S. The summed E-state index contributed by atoms with van der Waals surface area (Å²) < 4.78 is 37.3. The van der Waals surface area contributed by atoms with Crippen LogP contribution in [0.2, 0.25) is 0 Å². The second-order valence-electron chi connectivity index (χ2n) is 4.20. The van der Waals surface area contributed by atoms with E-state index in [1.807, 2.05) is 13.8 Å². The van der Waals surface area contributed by atoms with Crippen molar-refractivity contribution in [1.82, 2.24) is 9.97 Å². The van der Waals surface area contributed by atoms with Crippen molar-refractivity contribution in [3.63, 3.8) is 0 Å². The molecule has 22 heavy (non-hydrogen) atoms. The lowest BCUT2D eigenvalue weighted by Crippen LogP contribution is -2.13. The number of hydrogen-bond acceptors (Lipinski definition) is 6. The predicted octanol–water partition coefficient (Wildman–Crippen LogP) is 2.07. The number of anilines is 1. The van der Waals surface area contributed by atoms with Gasteiger partial charge in [0.2, 0.25) is 0 Å². The molecule has 0 fully saturated rings. The number of aromatic nitrogens is 2. The van der Waals surface area contributed by atoms with Gasteiger partial charge >= 0.3 is 6.01 Å². The number of rotatable bonds is 7. The Kier molecular flexibility index (Phi) is 5.16. The maximum Gasteiger partial charge on any atom is 0.316 e. The molecule has 8 heteroatoms. The van der Waals surface area contributed by atoms with Crippen molar-refractivity contribution in [2.45, 2.75) is 18.7 Å². The average Bonchev–Trinajstić information content (AvgIpc) is 2.50. The smallest absolute Gasteiger partial charge is 0.316 e. The van der Waals surface area contributed by atoms with Crippen LogP contribution < -0.4 is 14.2 Å². The van der Waals surface area contributed by atoms with Gasteiger partial charge in [0, 0.05) is 0 Å². The molecule has 118 valence electrons. The van der Waals surface area contributed by atoms with Gasteiger partial charge in [-0.1, -0.05) is 0 Å². The summed E-state index contributed by atoms with van der Waals surface area (Å²) in [4.78, 5) is 7.94. The van der Waals surface area contributed by atoms with Crippen molar-refractivity contribution in [2.24, 2.45) is 0 Å². The number of benzene rings is 1. The molecule has 0 saturated heterocycles. The summed E-state index contributed by atoms with van der Waals surface area (Å²) in [5, 5.41) is 0. The van der Waals surface area contributed by atoms with Gasteiger partial charge in [-0.2, -0.15) is 0 Å². The van der Waals surface area contributed by atoms with Crippen LogP contribution in [0.5, 0.6) is 11.8 Å². The van der Waals surface area contributed by atoms with Crippen LogP contribution in [-0.4, -0.2) is 31.6 Å². The molecule has 0 spiro atoms. The fourth-order valence-electron chi connectivity index (χ4n) is 1.67. The van der Waals surface area contributed by atoms with E-state index in [0.29, 0.717) is 19.0 Å². The first-order valence-electron chi connectivity index (χ1n) is 6.75. The van der Waals surface area contributed by atoms with Crippen molar-refractivity contribution < 1.29 is 17.9 Å². The number of nitrogens with zero attached hydrogens (tertiary/aromatic N) is 2. The van der Waals surface area contributed by atoms with Gasteiger partial charge in [0.15, 0.2) is 0 Å². The van der Waals surface area contributed by atoms with Crippen LogP contribution in [0.1, 0.15) is 13.8 Å². The van der Waals surface area contributed by atoms with Crippen LogP contribution in [0.3, 0.4) is 0 Å². The highest BCUT2D eigenvalue weighted by atomic mass is 32.2. The Morgan fingerprint density at radius 1 is 1.00 bits per heavy atom. The molecule has 2 rings (SSSR count). The summed E-state index contributed by atoms with van der Waals surface area (Å²) in [6.45, 7) is 4.63.